The number of carbonyl (C=O) groups is 3. The molecule has 0 aliphatic carbocycles. The lowest BCUT2D eigenvalue weighted by molar-refractivity contribution is -0.167. The molecule has 6 heteroatoms. The minimum absolute atomic E-state index is 0.0939. The van der Waals surface area contributed by atoms with Crippen molar-refractivity contribution in [3.63, 3.8) is 0 Å². The van der Waals surface area contributed by atoms with E-state index in [-0.39, 0.29) is 31.1 Å². The highest BCUT2D eigenvalue weighted by molar-refractivity contribution is 5.71. The van der Waals surface area contributed by atoms with Gasteiger partial charge in [0.25, 0.3) is 0 Å². The van der Waals surface area contributed by atoms with Gasteiger partial charge < -0.3 is 14.2 Å². The van der Waals surface area contributed by atoms with Crippen molar-refractivity contribution in [2.75, 3.05) is 13.2 Å². The summed E-state index contributed by atoms with van der Waals surface area (Å²) in [5, 5.41) is 0. The van der Waals surface area contributed by atoms with Gasteiger partial charge in [0.2, 0.25) is 0 Å². The molecule has 0 heterocycles. The van der Waals surface area contributed by atoms with Gasteiger partial charge in [-0.15, -0.1) is 0 Å². The van der Waals surface area contributed by atoms with E-state index in [9.17, 15) is 14.4 Å². The molecule has 0 aromatic heterocycles. The Labute approximate surface area is 344 Å². The number of allylic oxidation sites excluding steroid dienone is 12. The van der Waals surface area contributed by atoms with Crippen LogP contribution in [-0.2, 0) is 28.6 Å². The zero-order valence-electron chi connectivity index (χ0n) is 36.4. The second-order valence-corrected chi connectivity index (χ2v) is 14.9. The number of unbranched alkanes of at least 4 members (excludes halogenated alkanes) is 17. The summed E-state index contributed by atoms with van der Waals surface area (Å²) in [5.41, 5.74) is 0. The molecule has 0 radical (unpaired) electrons. The number of carbonyl (C=O) groups excluding carboxylic acids is 3. The maximum Gasteiger partial charge on any atom is 0.306 e. The third-order valence-electron chi connectivity index (χ3n) is 9.43. The Morgan fingerprint density at radius 3 is 1.20 bits per heavy atom. The molecule has 320 valence electrons. The van der Waals surface area contributed by atoms with E-state index in [1.165, 1.54) is 51.4 Å². The van der Waals surface area contributed by atoms with Crippen LogP contribution >= 0.6 is 0 Å². The zero-order chi connectivity index (χ0) is 40.8. The van der Waals surface area contributed by atoms with E-state index in [1.807, 2.05) is 0 Å². The van der Waals surface area contributed by atoms with Gasteiger partial charge in [-0.1, -0.05) is 177 Å². The normalized spacial score (nSPS) is 12.7. The Kier molecular flexibility index (Phi) is 42.1. The van der Waals surface area contributed by atoms with Gasteiger partial charge in [0, 0.05) is 19.3 Å². The molecule has 56 heavy (non-hydrogen) atoms. The lowest BCUT2D eigenvalue weighted by Crippen LogP contribution is -2.30. The fourth-order valence-electron chi connectivity index (χ4n) is 6.00. The molecule has 1 unspecified atom stereocenters. The second-order valence-electron chi connectivity index (χ2n) is 14.9. The van der Waals surface area contributed by atoms with Crippen molar-refractivity contribution in [1.82, 2.24) is 0 Å². The molecular formula is C50H84O6. The van der Waals surface area contributed by atoms with Crippen LogP contribution < -0.4 is 0 Å². The summed E-state index contributed by atoms with van der Waals surface area (Å²) in [6.45, 7) is 6.38. The van der Waals surface area contributed by atoms with Gasteiger partial charge in [0.15, 0.2) is 6.10 Å². The van der Waals surface area contributed by atoms with Crippen LogP contribution in [0.2, 0.25) is 0 Å². The Bertz CT molecular complexity index is 1080. The summed E-state index contributed by atoms with van der Waals surface area (Å²) in [5.74, 6) is -0.958. The van der Waals surface area contributed by atoms with Crippen molar-refractivity contribution >= 4 is 17.9 Å². The highest BCUT2D eigenvalue weighted by atomic mass is 16.6. The number of hydrogen-bond donors (Lipinski definition) is 0. The van der Waals surface area contributed by atoms with Crippen LogP contribution in [0, 0.1) is 0 Å². The predicted molar refractivity (Wildman–Crippen MR) is 238 cm³/mol. The number of rotatable bonds is 40. The molecule has 0 saturated carbocycles. The van der Waals surface area contributed by atoms with Crippen molar-refractivity contribution in [2.24, 2.45) is 0 Å². The van der Waals surface area contributed by atoms with E-state index in [1.54, 1.807) is 0 Å². The van der Waals surface area contributed by atoms with Crippen LogP contribution in [0.3, 0.4) is 0 Å². The van der Waals surface area contributed by atoms with Crippen molar-refractivity contribution in [3.05, 3.63) is 72.9 Å². The Morgan fingerprint density at radius 2 is 0.732 bits per heavy atom. The highest BCUT2D eigenvalue weighted by Gasteiger charge is 2.19. The first-order valence-electron chi connectivity index (χ1n) is 22.9. The van der Waals surface area contributed by atoms with E-state index < -0.39 is 6.10 Å². The lowest BCUT2D eigenvalue weighted by Gasteiger charge is -2.18. The molecule has 6 nitrogen and oxygen atoms in total. The van der Waals surface area contributed by atoms with Crippen molar-refractivity contribution in [3.8, 4) is 0 Å². The summed E-state index contributed by atoms with van der Waals surface area (Å²) in [6, 6.07) is 0. The summed E-state index contributed by atoms with van der Waals surface area (Å²) in [7, 11) is 0. The monoisotopic (exact) mass is 781 g/mol. The molecule has 0 saturated heterocycles. The fourth-order valence-corrected chi connectivity index (χ4v) is 6.00. The molecule has 0 aromatic carbocycles. The van der Waals surface area contributed by atoms with Crippen molar-refractivity contribution in [1.29, 1.82) is 0 Å². The molecule has 0 amide bonds. The van der Waals surface area contributed by atoms with Gasteiger partial charge in [-0.25, -0.2) is 0 Å². The van der Waals surface area contributed by atoms with Gasteiger partial charge in [0.1, 0.15) is 13.2 Å². The minimum atomic E-state index is -0.795. The topological polar surface area (TPSA) is 78.9 Å². The van der Waals surface area contributed by atoms with Crippen LogP contribution in [0.25, 0.3) is 0 Å². The van der Waals surface area contributed by atoms with E-state index in [4.69, 9.17) is 14.2 Å². The molecule has 1 atom stereocenters. The van der Waals surface area contributed by atoms with Crippen molar-refractivity contribution < 1.29 is 28.6 Å². The first-order chi connectivity index (χ1) is 27.5. The summed E-state index contributed by atoms with van der Waals surface area (Å²) in [4.78, 5) is 37.7. The molecule has 0 aliphatic heterocycles. The Balaban J connectivity index is 4.47. The summed E-state index contributed by atoms with van der Waals surface area (Å²) >= 11 is 0. The smallest absolute Gasteiger partial charge is 0.306 e. The first kappa shape index (κ1) is 52.9. The van der Waals surface area contributed by atoms with Crippen LogP contribution in [-0.4, -0.2) is 37.2 Å². The molecule has 0 aromatic rings. The largest absolute Gasteiger partial charge is 0.462 e. The van der Waals surface area contributed by atoms with E-state index in [0.717, 1.165) is 116 Å². The maximum absolute atomic E-state index is 12.7. The Morgan fingerprint density at radius 1 is 0.375 bits per heavy atom. The minimum Gasteiger partial charge on any atom is -0.462 e. The standard InChI is InChI=1S/C50H84O6/c1-4-7-10-13-16-19-22-24-25-27-28-31-34-37-40-43-49(52)55-46-47(45-54-48(51)42-39-36-33-30-21-18-15-12-9-6-3)56-50(53)44-41-38-35-32-29-26-23-20-17-14-11-8-5-2/h7,10-11,14,16,19-20,23-25,28,31,47H,4-6,8-9,12-13,15,17-18,21-22,26-27,29-30,32-46H2,1-3H3/b10-7-,14-11-,19-16-,23-20-,25-24-,31-28-. The molecule has 0 spiro atoms. The molecule has 0 rings (SSSR count). The van der Waals surface area contributed by atoms with Crippen LogP contribution in [0.15, 0.2) is 72.9 Å². The average molecular weight is 781 g/mol. The van der Waals surface area contributed by atoms with E-state index in [0.29, 0.717) is 19.3 Å². The number of hydrogen-bond acceptors (Lipinski definition) is 6. The van der Waals surface area contributed by atoms with Gasteiger partial charge >= 0.3 is 17.9 Å². The van der Waals surface area contributed by atoms with Gasteiger partial charge in [-0.05, 0) is 83.5 Å². The predicted octanol–water partition coefficient (Wildman–Crippen LogP) is 14.7. The Hall–Kier alpha value is -3.15. The van der Waals surface area contributed by atoms with Gasteiger partial charge in [-0.3, -0.25) is 14.4 Å². The van der Waals surface area contributed by atoms with Crippen LogP contribution in [0.4, 0.5) is 0 Å². The second kappa shape index (κ2) is 44.6. The number of esters is 3. The summed E-state index contributed by atoms with van der Waals surface area (Å²) < 4.78 is 16.7. The van der Waals surface area contributed by atoms with Gasteiger partial charge in [0.05, 0.1) is 0 Å². The molecule has 0 bridgehead atoms. The van der Waals surface area contributed by atoms with Crippen molar-refractivity contribution in [2.45, 2.75) is 213 Å². The maximum atomic E-state index is 12.7. The van der Waals surface area contributed by atoms with Crippen LogP contribution in [0.1, 0.15) is 207 Å². The van der Waals surface area contributed by atoms with E-state index >= 15 is 0 Å². The van der Waals surface area contributed by atoms with Crippen LogP contribution in [0.5, 0.6) is 0 Å². The summed E-state index contributed by atoms with van der Waals surface area (Å²) in [6.07, 6.45) is 54.5. The van der Waals surface area contributed by atoms with E-state index in [2.05, 4.69) is 93.7 Å². The average Bonchev–Trinajstić information content (AvgIpc) is 3.19. The third-order valence-corrected chi connectivity index (χ3v) is 9.43. The third kappa shape index (κ3) is 42.0. The molecular weight excluding hydrogens is 697 g/mol. The molecule has 0 N–H and O–H groups in total. The fraction of sp³-hybridized carbons (Fsp3) is 0.700. The zero-order valence-corrected chi connectivity index (χ0v) is 36.4. The number of ether oxygens (including phenoxy) is 3. The molecule has 0 aliphatic rings. The van der Waals surface area contributed by atoms with Gasteiger partial charge in [-0.2, -0.15) is 0 Å². The highest BCUT2D eigenvalue weighted by Crippen LogP contribution is 2.13. The quantitative estimate of drug-likeness (QED) is 0.0267. The lowest BCUT2D eigenvalue weighted by atomic mass is 10.1. The first-order valence-corrected chi connectivity index (χ1v) is 22.9. The SMILES string of the molecule is CC/C=C\C/C=C\C/C=C\C/C=C\CCCCC(=O)OCC(COC(=O)CCCCCCCCCCCC)OC(=O)CCCCCCC/C=C\C/C=C\CCC. The molecule has 0 fully saturated rings.